The average Bonchev–Trinajstić information content (AvgIpc) is 3.36. The summed E-state index contributed by atoms with van der Waals surface area (Å²) in [6.45, 7) is 4.84. The number of aliphatic carboxylic acids is 1. The van der Waals surface area contributed by atoms with Crippen LogP contribution in [0.2, 0.25) is 5.02 Å². The van der Waals surface area contributed by atoms with Crippen molar-refractivity contribution in [2.75, 3.05) is 6.61 Å². The first-order chi connectivity index (χ1) is 14.9. The Bertz CT molecular complexity index is 1230. The molecule has 2 heterocycles. The number of carbonyl (C=O) groups is 1. The zero-order chi connectivity index (χ0) is 22.0. The summed E-state index contributed by atoms with van der Waals surface area (Å²) >= 11 is 6.56. The Balaban J connectivity index is 1.61. The van der Waals surface area contributed by atoms with E-state index in [9.17, 15) is 4.79 Å². The van der Waals surface area contributed by atoms with Crippen molar-refractivity contribution in [2.24, 2.45) is 0 Å². The molecule has 1 N–H and O–H groups in total. The van der Waals surface area contributed by atoms with Gasteiger partial charge < -0.3 is 18.8 Å². The smallest absolute Gasteiger partial charge is 0.303 e. The van der Waals surface area contributed by atoms with Gasteiger partial charge in [-0.2, -0.15) is 0 Å². The molecule has 0 aliphatic heterocycles. The highest BCUT2D eigenvalue weighted by Crippen LogP contribution is 2.29. The van der Waals surface area contributed by atoms with E-state index in [-0.39, 0.29) is 6.42 Å². The fourth-order valence-electron chi connectivity index (χ4n) is 3.52. The largest absolute Gasteiger partial charge is 0.493 e. The molecular weight excluding hydrogens is 418 g/mol. The van der Waals surface area contributed by atoms with Gasteiger partial charge in [0, 0.05) is 23.1 Å². The minimum atomic E-state index is -0.824. The average molecular weight is 440 g/mol. The van der Waals surface area contributed by atoms with Crippen molar-refractivity contribution in [1.82, 2.24) is 14.5 Å². The molecule has 0 atom stereocenters. The Kier molecular flexibility index (Phi) is 5.95. The summed E-state index contributed by atoms with van der Waals surface area (Å²) in [7, 11) is 0. The van der Waals surface area contributed by atoms with Crippen molar-refractivity contribution >= 4 is 28.6 Å². The van der Waals surface area contributed by atoms with Crippen LogP contribution >= 0.6 is 11.6 Å². The lowest BCUT2D eigenvalue weighted by atomic mass is 10.1. The molecular formula is C23H22ClN3O4. The molecule has 0 aliphatic rings. The maximum atomic E-state index is 10.7. The van der Waals surface area contributed by atoms with Crippen LogP contribution in [0.5, 0.6) is 5.75 Å². The van der Waals surface area contributed by atoms with Gasteiger partial charge in [0.15, 0.2) is 0 Å². The van der Waals surface area contributed by atoms with Crippen molar-refractivity contribution in [3.63, 3.8) is 0 Å². The molecule has 160 valence electrons. The zero-order valence-corrected chi connectivity index (χ0v) is 18.0. The monoisotopic (exact) mass is 439 g/mol. The molecule has 0 bridgehead atoms. The first kappa shape index (κ1) is 20.9. The maximum Gasteiger partial charge on any atom is 0.303 e. The van der Waals surface area contributed by atoms with Crippen LogP contribution in [0.1, 0.15) is 29.8 Å². The number of carboxylic acid groups (broad SMARTS) is 1. The molecule has 2 aromatic heterocycles. The van der Waals surface area contributed by atoms with E-state index in [1.807, 2.05) is 44.2 Å². The second-order valence-electron chi connectivity index (χ2n) is 7.34. The minimum absolute atomic E-state index is 0.0836. The van der Waals surface area contributed by atoms with E-state index in [1.165, 1.54) is 6.26 Å². The van der Waals surface area contributed by atoms with Gasteiger partial charge in [-0.05, 0) is 49.6 Å². The fraction of sp³-hybridized carbons (Fsp3) is 0.261. The number of aryl methyl sites for hydroxylation is 2. The first-order valence-corrected chi connectivity index (χ1v) is 10.3. The van der Waals surface area contributed by atoms with Crippen LogP contribution in [-0.4, -0.2) is 32.2 Å². The number of hydrogen-bond donors (Lipinski definition) is 1. The minimum Gasteiger partial charge on any atom is -0.493 e. The third kappa shape index (κ3) is 4.56. The maximum absolute atomic E-state index is 10.7. The number of halogens is 1. The third-order valence-corrected chi connectivity index (χ3v) is 5.43. The molecule has 4 aromatic rings. The topological polar surface area (TPSA) is 90.4 Å². The van der Waals surface area contributed by atoms with Crippen LogP contribution in [0.3, 0.4) is 0 Å². The Hall–Kier alpha value is -3.32. The molecule has 0 radical (unpaired) electrons. The van der Waals surface area contributed by atoms with Gasteiger partial charge in [0.05, 0.1) is 30.4 Å². The molecule has 0 fully saturated rings. The number of carboxylic acids is 1. The van der Waals surface area contributed by atoms with Gasteiger partial charge in [-0.15, -0.1) is 0 Å². The van der Waals surface area contributed by atoms with E-state index >= 15 is 0 Å². The number of aromatic nitrogens is 3. The molecule has 7 nitrogen and oxygen atoms in total. The Morgan fingerprint density at radius 1 is 1.26 bits per heavy atom. The Labute approximate surface area is 184 Å². The Morgan fingerprint density at radius 3 is 2.81 bits per heavy atom. The fourth-order valence-corrected chi connectivity index (χ4v) is 3.76. The second-order valence-corrected chi connectivity index (χ2v) is 7.75. The molecule has 0 unspecified atom stereocenters. The SMILES string of the molecule is Cc1cc(OCCCC(=O)O)cc2c1nc(C)n2Cc1ccc(-c2ncco2)cc1Cl. The van der Waals surface area contributed by atoms with Crippen LogP contribution in [0, 0.1) is 13.8 Å². The first-order valence-electron chi connectivity index (χ1n) is 9.92. The van der Waals surface area contributed by atoms with Crippen molar-refractivity contribution in [3.05, 3.63) is 64.8 Å². The van der Waals surface area contributed by atoms with Gasteiger partial charge in [-0.25, -0.2) is 9.97 Å². The van der Waals surface area contributed by atoms with Gasteiger partial charge in [-0.1, -0.05) is 17.7 Å². The lowest BCUT2D eigenvalue weighted by Crippen LogP contribution is -2.04. The third-order valence-electron chi connectivity index (χ3n) is 5.07. The molecule has 4 rings (SSSR count). The quantitative estimate of drug-likeness (QED) is 0.377. The van der Waals surface area contributed by atoms with Crippen molar-refractivity contribution in [2.45, 2.75) is 33.2 Å². The van der Waals surface area contributed by atoms with Gasteiger partial charge in [0.2, 0.25) is 5.89 Å². The number of hydrogen-bond acceptors (Lipinski definition) is 5. The van der Waals surface area contributed by atoms with Gasteiger partial charge >= 0.3 is 5.97 Å². The van der Waals surface area contributed by atoms with Gasteiger partial charge in [0.1, 0.15) is 17.8 Å². The molecule has 8 heteroatoms. The predicted octanol–water partition coefficient (Wildman–Crippen LogP) is 5.25. The van der Waals surface area contributed by atoms with Gasteiger partial charge in [0.25, 0.3) is 0 Å². The van der Waals surface area contributed by atoms with E-state index < -0.39 is 5.97 Å². The highest BCUT2D eigenvalue weighted by atomic mass is 35.5. The lowest BCUT2D eigenvalue weighted by Gasteiger charge is -2.12. The summed E-state index contributed by atoms with van der Waals surface area (Å²) in [4.78, 5) is 19.6. The van der Waals surface area contributed by atoms with Crippen LogP contribution in [0.25, 0.3) is 22.5 Å². The van der Waals surface area contributed by atoms with Crippen LogP contribution in [0.15, 0.2) is 47.2 Å². The van der Waals surface area contributed by atoms with Crippen molar-refractivity contribution in [3.8, 4) is 17.2 Å². The predicted molar refractivity (Wildman–Crippen MR) is 118 cm³/mol. The number of benzene rings is 2. The highest BCUT2D eigenvalue weighted by Gasteiger charge is 2.14. The molecule has 0 amide bonds. The summed E-state index contributed by atoms with van der Waals surface area (Å²) < 4.78 is 13.2. The number of oxazole rings is 1. The molecule has 0 spiro atoms. The number of imidazole rings is 1. The molecule has 0 aliphatic carbocycles. The summed E-state index contributed by atoms with van der Waals surface area (Å²) in [6, 6.07) is 9.62. The number of fused-ring (bicyclic) bond motifs is 1. The summed E-state index contributed by atoms with van der Waals surface area (Å²) in [5, 5.41) is 9.40. The molecule has 31 heavy (non-hydrogen) atoms. The second kappa shape index (κ2) is 8.81. The highest BCUT2D eigenvalue weighted by molar-refractivity contribution is 6.31. The van der Waals surface area contributed by atoms with E-state index in [1.54, 1.807) is 6.20 Å². The molecule has 2 aromatic carbocycles. The lowest BCUT2D eigenvalue weighted by molar-refractivity contribution is -0.137. The summed E-state index contributed by atoms with van der Waals surface area (Å²) in [5.41, 5.74) is 4.61. The van der Waals surface area contributed by atoms with Crippen LogP contribution in [0.4, 0.5) is 0 Å². The normalized spacial score (nSPS) is 11.2. The number of rotatable bonds is 8. The van der Waals surface area contributed by atoms with E-state index in [4.69, 9.17) is 30.8 Å². The van der Waals surface area contributed by atoms with E-state index in [2.05, 4.69) is 9.55 Å². The van der Waals surface area contributed by atoms with Crippen molar-refractivity contribution in [1.29, 1.82) is 0 Å². The van der Waals surface area contributed by atoms with E-state index in [0.29, 0.717) is 36.2 Å². The molecule has 0 saturated heterocycles. The number of nitrogens with zero attached hydrogens (tertiary/aromatic N) is 3. The van der Waals surface area contributed by atoms with Gasteiger partial charge in [-0.3, -0.25) is 4.79 Å². The summed E-state index contributed by atoms with van der Waals surface area (Å²) in [6.07, 6.45) is 3.67. The standard InChI is InChI=1S/C23H22ClN3O4/c1-14-10-18(30-8-3-4-21(28)29)12-20-22(14)26-15(2)27(20)13-17-6-5-16(11-19(17)24)23-25-7-9-31-23/h5-7,9-12H,3-4,8,13H2,1-2H3,(H,28,29). The Morgan fingerprint density at radius 2 is 2.10 bits per heavy atom. The molecule has 0 saturated carbocycles. The zero-order valence-electron chi connectivity index (χ0n) is 17.3. The van der Waals surface area contributed by atoms with Crippen LogP contribution < -0.4 is 4.74 Å². The van der Waals surface area contributed by atoms with E-state index in [0.717, 1.165) is 33.5 Å². The number of ether oxygens (including phenoxy) is 1. The van der Waals surface area contributed by atoms with Crippen molar-refractivity contribution < 1.29 is 19.1 Å². The van der Waals surface area contributed by atoms with Crippen LogP contribution in [-0.2, 0) is 11.3 Å². The summed E-state index contributed by atoms with van der Waals surface area (Å²) in [5.74, 6) is 1.27.